The number of ether oxygens (including phenoxy) is 3. The second kappa shape index (κ2) is 10.3. The molecule has 0 radical (unpaired) electrons. The Kier molecular flexibility index (Phi) is 7.77. The van der Waals surface area contributed by atoms with Gasteiger partial charge in [-0.1, -0.05) is 36.4 Å². The molecular formula is C22H26O4. The van der Waals surface area contributed by atoms with Crippen molar-refractivity contribution in [2.24, 2.45) is 0 Å². The lowest BCUT2D eigenvalue weighted by molar-refractivity contribution is 0.153. The van der Waals surface area contributed by atoms with Crippen LogP contribution < -0.4 is 4.74 Å². The molecule has 0 saturated carbocycles. The minimum atomic E-state index is -0.521. The molecule has 2 rings (SSSR count). The van der Waals surface area contributed by atoms with Gasteiger partial charge < -0.3 is 19.3 Å². The lowest BCUT2D eigenvalue weighted by atomic mass is 10.00. The van der Waals surface area contributed by atoms with E-state index < -0.39 is 6.10 Å². The number of aliphatic hydroxyl groups excluding tert-OH is 1. The first-order valence-electron chi connectivity index (χ1n) is 8.60. The van der Waals surface area contributed by atoms with Gasteiger partial charge in [0.1, 0.15) is 18.5 Å². The number of hydrogen-bond donors (Lipinski definition) is 1. The van der Waals surface area contributed by atoms with Crippen LogP contribution in [-0.4, -0.2) is 12.2 Å². The van der Waals surface area contributed by atoms with E-state index in [1.165, 1.54) is 0 Å². The van der Waals surface area contributed by atoms with Crippen LogP contribution in [0.3, 0.4) is 0 Å². The van der Waals surface area contributed by atoms with E-state index in [1.807, 2.05) is 55.5 Å². The highest BCUT2D eigenvalue weighted by Gasteiger charge is 2.12. The monoisotopic (exact) mass is 354 g/mol. The van der Waals surface area contributed by atoms with Gasteiger partial charge >= 0.3 is 0 Å². The van der Waals surface area contributed by atoms with E-state index in [2.05, 4.69) is 0 Å². The second-order valence-corrected chi connectivity index (χ2v) is 5.90. The Hall–Kier alpha value is -2.72. The van der Waals surface area contributed by atoms with E-state index in [9.17, 15) is 5.11 Å². The predicted molar refractivity (Wildman–Crippen MR) is 103 cm³/mol. The van der Waals surface area contributed by atoms with Gasteiger partial charge in [-0.15, -0.1) is 0 Å². The van der Waals surface area contributed by atoms with Crippen LogP contribution in [0.15, 0.2) is 73.2 Å². The van der Waals surface area contributed by atoms with E-state index in [-0.39, 0.29) is 6.10 Å². The summed E-state index contributed by atoms with van der Waals surface area (Å²) in [6.07, 6.45) is 6.12. The molecule has 0 aliphatic rings. The van der Waals surface area contributed by atoms with Crippen LogP contribution >= 0.6 is 0 Å². The summed E-state index contributed by atoms with van der Waals surface area (Å²) in [6, 6.07) is 15.5. The standard InChI is InChI=1S/C22H26O4/c1-17(23)21-8-4-5-9-22(21)18(2)26-15-7-6-14-25-16-19-10-12-20(24-3)13-11-19/h4-15,17-18,23H,16H2,1-3H3/b14-6-,15-7+/t17-,18+/m1/s1. The summed E-state index contributed by atoms with van der Waals surface area (Å²) in [6.45, 7) is 4.20. The highest BCUT2D eigenvalue weighted by Crippen LogP contribution is 2.25. The number of rotatable bonds is 9. The largest absolute Gasteiger partial charge is 0.497 e. The van der Waals surface area contributed by atoms with Crippen LogP contribution in [-0.2, 0) is 16.1 Å². The smallest absolute Gasteiger partial charge is 0.120 e. The average Bonchev–Trinajstić information content (AvgIpc) is 2.67. The van der Waals surface area contributed by atoms with E-state index >= 15 is 0 Å². The fraction of sp³-hybridized carbons (Fsp3) is 0.273. The molecule has 2 aromatic rings. The molecule has 4 nitrogen and oxygen atoms in total. The molecule has 1 N–H and O–H groups in total. The maximum Gasteiger partial charge on any atom is 0.120 e. The fourth-order valence-corrected chi connectivity index (χ4v) is 2.51. The SMILES string of the molecule is COc1ccc(CO/C=C\C=C\O[C@@H](C)c2ccccc2[C@@H](C)O)cc1. The van der Waals surface area contributed by atoms with Gasteiger partial charge in [0.2, 0.25) is 0 Å². The molecule has 0 amide bonds. The van der Waals surface area contributed by atoms with Crippen molar-refractivity contribution in [3.05, 3.63) is 89.9 Å². The van der Waals surface area contributed by atoms with Gasteiger partial charge in [-0.3, -0.25) is 0 Å². The topological polar surface area (TPSA) is 47.9 Å². The van der Waals surface area contributed by atoms with Gasteiger partial charge in [0.15, 0.2) is 0 Å². The third-order valence-electron chi connectivity index (χ3n) is 3.94. The molecular weight excluding hydrogens is 328 g/mol. The zero-order valence-corrected chi connectivity index (χ0v) is 15.5. The third kappa shape index (κ3) is 5.97. The molecule has 138 valence electrons. The lowest BCUT2D eigenvalue weighted by Crippen LogP contribution is -2.03. The zero-order chi connectivity index (χ0) is 18.8. The summed E-state index contributed by atoms with van der Waals surface area (Å²) in [5.41, 5.74) is 2.93. The maximum absolute atomic E-state index is 9.84. The Morgan fingerprint density at radius 2 is 1.58 bits per heavy atom. The zero-order valence-electron chi connectivity index (χ0n) is 15.5. The van der Waals surface area contributed by atoms with Crippen molar-refractivity contribution < 1.29 is 19.3 Å². The van der Waals surface area contributed by atoms with Crippen LogP contribution in [0.25, 0.3) is 0 Å². The second-order valence-electron chi connectivity index (χ2n) is 5.90. The number of allylic oxidation sites excluding steroid dienone is 2. The van der Waals surface area contributed by atoms with Gasteiger partial charge in [0.25, 0.3) is 0 Å². The highest BCUT2D eigenvalue weighted by molar-refractivity contribution is 5.30. The molecule has 4 heteroatoms. The molecule has 0 aromatic heterocycles. The maximum atomic E-state index is 9.84. The normalized spacial score (nSPS) is 13.7. The summed E-state index contributed by atoms with van der Waals surface area (Å²) in [7, 11) is 1.65. The van der Waals surface area contributed by atoms with Gasteiger partial charge in [0.05, 0.1) is 25.7 Å². The van der Waals surface area contributed by atoms with E-state index in [4.69, 9.17) is 14.2 Å². The van der Waals surface area contributed by atoms with Crippen LogP contribution in [0.1, 0.15) is 42.7 Å². The van der Waals surface area contributed by atoms with Crippen molar-refractivity contribution in [2.45, 2.75) is 32.7 Å². The first kappa shape index (κ1) is 19.6. The van der Waals surface area contributed by atoms with Gasteiger partial charge in [0, 0.05) is 0 Å². The molecule has 0 saturated heterocycles. The van der Waals surface area contributed by atoms with Crippen molar-refractivity contribution in [3.63, 3.8) is 0 Å². The molecule has 0 aliphatic carbocycles. The number of benzene rings is 2. The molecule has 2 aromatic carbocycles. The van der Waals surface area contributed by atoms with E-state index in [0.717, 1.165) is 22.4 Å². The first-order valence-corrected chi connectivity index (χ1v) is 8.60. The molecule has 2 atom stereocenters. The summed E-state index contributed by atoms with van der Waals surface area (Å²) in [5, 5.41) is 9.84. The minimum Gasteiger partial charge on any atom is -0.497 e. The van der Waals surface area contributed by atoms with Crippen LogP contribution in [0, 0.1) is 0 Å². The molecule has 0 aliphatic heterocycles. The molecule has 0 bridgehead atoms. The Labute approximate surface area is 155 Å². The Balaban J connectivity index is 1.77. The van der Waals surface area contributed by atoms with Crippen molar-refractivity contribution >= 4 is 0 Å². The predicted octanol–water partition coefficient (Wildman–Crippen LogP) is 5.07. The minimum absolute atomic E-state index is 0.148. The van der Waals surface area contributed by atoms with Crippen LogP contribution in [0.5, 0.6) is 5.75 Å². The molecule has 0 fully saturated rings. The number of aliphatic hydroxyl groups is 1. The Morgan fingerprint density at radius 1 is 0.923 bits per heavy atom. The molecule has 0 unspecified atom stereocenters. The van der Waals surface area contributed by atoms with E-state index in [0.29, 0.717) is 6.61 Å². The Morgan fingerprint density at radius 3 is 2.23 bits per heavy atom. The van der Waals surface area contributed by atoms with Crippen LogP contribution in [0.4, 0.5) is 0 Å². The fourth-order valence-electron chi connectivity index (χ4n) is 2.51. The van der Waals surface area contributed by atoms with E-state index in [1.54, 1.807) is 38.7 Å². The summed E-state index contributed by atoms with van der Waals surface area (Å²) >= 11 is 0. The average molecular weight is 354 g/mol. The summed E-state index contributed by atoms with van der Waals surface area (Å²) in [5.74, 6) is 0.829. The lowest BCUT2D eigenvalue weighted by Gasteiger charge is -2.17. The van der Waals surface area contributed by atoms with Crippen molar-refractivity contribution in [2.75, 3.05) is 7.11 Å². The quantitative estimate of drug-likeness (QED) is 0.504. The first-order chi connectivity index (χ1) is 12.6. The highest BCUT2D eigenvalue weighted by atomic mass is 16.5. The molecule has 0 spiro atoms. The third-order valence-corrected chi connectivity index (χ3v) is 3.94. The van der Waals surface area contributed by atoms with Gasteiger partial charge in [-0.2, -0.15) is 0 Å². The molecule has 0 heterocycles. The summed E-state index contributed by atoms with van der Waals surface area (Å²) < 4.78 is 16.3. The van der Waals surface area contributed by atoms with Gasteiger partial charge in [-0.25, -0.2) is 0 Å². The number of methoxy groups -OCH3 is 1. The Bertz CT molecular complexity index is 717. The summed E-state index contributed by atoms with van der Waals surface area (Å²) in [4.78, 5) is 0. The van der Waals surface area contributed by atoms with Gasteiger partial charge in [-0.05, 0) is 54.8 Å². The van der Waals surface area contributed by atoms with Crippen LogP contribution in [0.2, 0.25) is 0 Å². The number of hydrogen-bond acceptors (Lipinski definition) is 4. The van der Waals surface area contributed by atoms with Crippen molar-refractivity contribution in [1.82, 2.24) is 0 Å². The van der Waals surface area contributed by atoms with Crippen molar-refractivity contribution in [3.8, 4) is 5.75 Å². The van der Waals surface area contributed by atoms with Crippen molar-refractivity contribution in [1.29, 1.82) is 0 Å². The molecule has 26 heavy (non-hydrogen) atoms.